The average molecular weight is 254 g/mol. The number of aromatic nitrogens is 3. The molecule has 0 bridgehead atoms. The summed E-state index contributed by atoms with van der Waals surface area (Å²) < 4.78 is 2.02. The van der Waals surface area contributed by atoms with Crippen molar-refractivity contribution in [1.82, 2.24) is 14.8 Å². The molecule has 0 aliphatic carbocycles. The first-order chi connectivity index (χ1) is 9.13. The number of aromatic amines is 1. The van der Waals surface area contributed by atoms with Crippen molar-refractivity contribution >= 4 is 22.6 Å². The van der Waals surface area contributed by atoms with E-state index in [2.05, 4.69) is 15.5 Å². The Labute approximate surface area is 110 Å². The predicted octanol–water partition coefficient (Wildman–Crippen LogP) is 2.46. The minimum Gasteiger partial charge on any atom is -0.351 e. The number of rotatable bonds is 2. The summed E-state index contributed by atoms with van der Waals surface area (Å²) >= 11 is 0. The summed E-state index contributed by atoms with van der Waals surface area (Å²) in [5.74, 6) is 0.382. The van der Waals surface area contributed by atoms with Crippen LogP contribution in [0.4, 0.5) is 5.82 Å². The topological polar surface area (TPSA) is 62.7 Å². The van der Waals surface area contributed by atoms with Crippen molar-refractivity contribution in [2.45, 2.75) is 6.92 Å². The van der Waals surface area contributed by atoms with Gasteiger partial charge in [0.15, 0.2) is 5.82 Å². The molecule has 0 fully saturated rings. The third kappa shape index (κ3) is 2.10. The molecule has 0 radical (unpaired) electrons. The molecule has 2 aromatic heterocycles. The molecule has 0 saturated heterocycles. The zero-order valence-corrected chi connectivity index (χ0v) is 10.8. The average Bonchev–Trinajstić information content (AvgIpc) is 2.96. The van der Waals surface area contributed by atoms with E-state index in [0.29, 0.717) is 11.4 Å². The van der Waals surface area contributed by atoms with Crippen molar-refractivity contribution in [3.8, 4) is 0 Å². The number of carbonyl (C=O) groups is 1. The van der Waals surface area contributed by atoms with E-state index in [1.807, 2.05) is 49.0 Å². The zero-order valence-electron chi connectivity index (χ0n) is 10.8. The largest absolute Gasteiger partial charge is 0.351 e. The summed E-state index contributed by atoms with van der Waals surface area (Å²) in [6.45, 7) is 1.89. The summed E-state index contributed by atoms with van der Waals surface area (Å²) in [6.07, 6.45) is 1.98. The molecule has 96 valence electrons. The van der Waals surface area contributed by atoms with Gasteiger partial charge < -0.3 is 9.88 Å². The van der Waals surface area contributed by atoms with Gasteiger partial charge in [-0.2, -0.15) is 5.10 Å². The van der Waals surface area contributed by atoms with Crippen LogP contribution < -0.4 is 5.32 Å². The van der Waals surface area contributed by atoms with Crippen molar-refractivity contribution in [2.24, 2.45) is 7.05 Å². The third-order valence-electron chi connectivity index (χ3n) is 3.09. The normalized spacial score (nSPS) is 10.8. The maximum atomic E-state index is 12.1. The number of aryl methyl sites for hydroxylation is 2. The lowest BCUT2D eigenvalue weighted by Gasteiger charge is -2.03. The summed E-state index contributed by atoms with van der Waals surface area (Å²) in [7, 11) is 1.98. The molecule has 0 spiro atoms. The van der Waals surface area contributed by atoms with E-state index in [1.165, 1.54) is 0 Å². The molecule has 1 amide bonds. The number of fused-ring (bicyclic) bond motifs is 1. The molecule has 0 atom stereocenters. The second-order valence-electron chi connectivity index (χ2n) is 4.59. The van der Waals surface area contributed by atoms with Crippen molar-refractivity contribution in [3.05, 3.63) is 47.8 Å². The summed E-state index contributed by atoms with van der Waals surface area (Å²) in [5.41, 5.74) is 2.64. The molecule has 1 aromatic carbocycles. The lowest BCUT2D eigenvalue weighted by atomic mass is 10.1. The van der Waals surface area contributed by atoms with Gasteiger partial charge in [0, 0.05) is 41.5 Å². The van der Waals surface area contributed by atoms with Gasteiger partial charge >= 0.3 is 0 Å². The predicted molar refractivity (Wildman–Crippen MR) is 74.2 cm³/mol. The van der Waals surface area contributed by atoms with Gasteiger partial charge in [0.1, 0.15) is 0 Å². The molecule has 5 nitrogen and oxygen atoms in total. The first-order valence-electron chi connectivity index (χ1n) is 6.02. The van der Waals surface area contributed by atoms with Gasteiger partial charge in [-0.05, 0) is 31.2 Å². The number of hydrogen-bond donors (Lipinski definition) is 2. The van der Waals surface area contributed by atoms with Gasteiger partial charge in [-0.25, -0.2) is 0 Å². The van der Waals surface area contributed by atoms with Crippen LogP contribution in [-0.2, 0) is 7.05 Å². The van der Waals surface area contributed by atoms with Crippen LogP contribution in [0.3, 0.4) is 0 Å². The highest BCUT2D eigenvalue weighted by molar-refractivity contribution is 6.05. The minimum atomic E-state index is -0.155. The first-order valence-corrected chi connectivity index (χ1v) is 6.02. The molecular formula is C14H14N4O. The number of benzene rings is 1. The number of nitrogens with one attached hydrogen (secondary N) is 2. The Balaban J connectivity index is 1.89. The fraction of sp³-hybridized carbons (Fsp3) is 0.143. The van der Waals surface area contributed by atoms with Crippen LogP contribution in [0.2, 0.25) is 0 Å². The summed E-state index contributed by atoms with van der Waals surface area (Å²) in [5, 5.41) is 10.6. The Morgan fingerprint density at radius 3 is 2.89 bits per heavy atom. The minimum absolute atomic E-state index is 0.155. The molecular weight excluding hydrogens is 240 g/mol. The van der Waals surface area contributed by atoms with E-state index in [1.54, 1.807) is 6.07 Å². The fourth-order valence-electron chi connectivity index (χ4n) is 2.09. The molecule has 0 unspecified atom stereocenters. The van der Waals surface area contributed by atoms with Crippen molar-refractivity contribution in [2.75, 3.05) is 5.32 Å². The van der Waals surface area contributed by atoms with Crippen molar-refractivity contribution in [3.63, 3.8) is 0 Å². The molecule has 3 rings (SSSR count). The fourth-order valence-corrected chi connectivity index (χ4v) is 2.09. The maximum absolute atomic E-state index is 12.1. The smallest absolute Gasteiger partial charge is 0.256 e. The van der Waals surface area contributed by atoms with Crippen LogP contribution >= 0.6 is 0 Å². The molecule has 2 N–H and O–H groups in total. The van der Waals surface area contributed by atoms with Crippen molar-refractivity contribution < 1.29 is 4.79 Å². The Kier molecular flexibility index (Phi) is 2.59. The van der Waals surface area contributed by atoms with E-state index in [0.717, 1.165) is 16.6 Å². The van der Waals surface area contributed by atoms with Crippen LogP contribution in [0.1, 0.15) is 16.1 Å². The second-order valence-corrected chi connectivity index (χ2v) is 4.59. The standard InChI is InChI=1S/C14H14N4O/c1-9-7-13(17-16-9)15-14(19)11-3-4-12-10(8-11)5-6-18(12)2/h3-8H,1-2H3,(H2,15,16,17,19). The zero-order chi connectivity index (χ0) is 13.4. The van der Waals surface area contributed by atoms with Crippen LogP contribution in [0.5, 0.6) is 0 Å². The number of hydrogen-bond acceptors (Lipinski definition) is 2. The summed E-state index contributed by atoms with van der Waals surface area (Å²) in [4.78, 5) is 12.1. The third-order valence-corrected chi connectivity index (χ3v) is 3.09. The van der Waals surface area contributed by atoms with E-state index in [9.17, 15) is 4.79 Å². The quantitative estimate of drug-likeness (QED) is 0.738. The Bertz CT molecular complexity index is 754. The number of nitrogens with zero attached hydrogens (tertiary/aromatic N) is 2. The Morgan fingerprint density at radius 2 is 2.16 bits per heavy atom. The van der Waals surface area contributed by atoms with Crippen molar-refractivity contribution in [1.29, 1.82) is 0 Å². The monoisotopic (exact) mass is 254 g/mol. The highest BCUT2D eigenvalue weighted by Gasteiger charge is 2.09. The number of anilines is 1. The number of amides is 1. The molecule has 3 aromatic rings. The second kappa shape index (κ2) is 4.28. The molecule has 5 heteroatoms. The van der Waals surface area contributed by atoms with Crippen LogP contribution in [0.25, 0.3) is 10.9 Å². The van der Waals surface area contributed by atoms with Crippen LogP contribution in [0, 0.1) is 6.92 Å². The molecule has 0 aliphatic rings. The van der Waals surface area contributed by atoms with Gasteiger partial charge in [0.25, 0.3) is 5.91 Å². The molecule has 0 aliphatic heterocycles. The van der Waals surface area contributed by atoms with Crippen LogP contribution in [0.15, 0.2) is 36.5 Å². The molecule has 0 saturated carbocycles. The SMILES string of the molecule is Cc1cc(NC(=O)c2ccc3c(ccn3C)c2)n[nH]1. The lowest BCUT2D eigenvalue weighted by Crippen LogP contribution is -2.12. The van der Waals surface area contributed by atoms with Gasteiger partial charge in [-0.1, -0.05) is 0 Å². The van der Waals surface area contributed by atoms with Gasteiger partial charge in [-0.3, -0.25) is 9.89 Å². The maximum Gasteiger partial charge on any atom is 0.256 e. The van der Waals surface area contributed by atoms with E-state index < -0.39 is 0 Å². The van der Waals surface area contributed by atoms with E-state index >= 15 is 0 Å². The first kappa shape index (κ1) is 11.5. The van der Waals surface area contributed by atoms with Gasteiger partial charge in [0.05, 0.1) is 0 Å². The van der Waals surface area contributed by atoms with E-state index in [4.69, 9.17) is 0 Å². The van der Waals surface area contributed by atoms with Gasteiger partial charge in [-0.15, -0.1) is 0 Å². The van der Waals surface area contributed by atoms with Crippen LogP contribution in [-0.4, -0.2) is 20.7 Å². The van der Waals surface area contributed by atoms with E-state index in [-0.39, 0.29) is 5.91 Å². The lowest BCUT2D eigenvalue weighted by molar-refractivity contribution is 0.102. The Hall–Kier alpha value is -2.56. The highest BCUT2D eigenvalue weighted by atomic mass is 16.1. The highest BCUT2D eigenvalue weighted by Crippen LogP contribution is 2.17. The number of H-pyrrole nitrogens is 1. The molecule has 19 heavy (non-hydrogen) atoms. The Morgan fingerprint density at radius 1 is 1.32 bits per heavy atom. The number of carbonyl (C=O) groups excluding carboxylic acids is 1. The van der Waals surface area contributed by atoms with Gasteiger partial charge in [0.2, 0.25) is 0 Å². The summed E-state index contributed by atoms with van der Waals surface area (Å²) in [6, 6.07) is 9.42. The molecule has 2 heterocycles.